The summed E-state index contributed by atoms with van der Waals surface area (Å²) in [5, 5.41) is 0. The zero-order valence-corrected chi connectivity index (χ0v) is 19.1. The topological polar surface area (TPSA) is 87.1 Å². The zero-order valence-electron chi connectivity index (χ0n) is 19.1. The van der Waals surface area contributed by atoms with Crippen LogP contribution >= 0.6 is 0 Å². The highest BCUT2D eigenvalue weighted by Gasteiger charge is 2.31. The van der Waals surface area contributed by atoms with Gasteiger partial charge in [0.05, 0.1) is 13.2 Å². The van der Waals surface area contributed by atoms with Gasteiger partial charge in [0.2, 0.25) is 0 Å². The molecule has 2 aromatic rings. The van der Waals surface area contributed by atoms with Gasteiger partial charge in [-0.15, -0.1) is 0 Å². The van der Waals surface area contributed by atoms with Gasteiger partial charge in [0.1, 0.15) is 11.3 Å². The monoisotopic (exact) mass is 454 g/mol. The van der Waals surface area contributed by atoms with Crippen LogP contribution in [0.25, 0.3) is 0 Å². The molecule has 2 heterocycles. The molecule has 176 valence electrons. The van der Waals surface area contributed by atoms with Gasteiger partial charge in [0.25, 0.3) is 11.5 Å². The number of ether oxygens (including phenoxy) is 3. The molecule has 4 rings (SSSR count). The standard InChI is InChI=1S/C25H30N2O6/c1-31-23(17-8-4-3-5-9-17)24(29)26-13-12-19-22(25(30)32-2)20(33-18-10-6-7-11-18)16-21(28)27(19)15-14-26/h3-5,8-9,16,18,23H,6-7,10-15H2,1-2H3. The molecular weight excluding hydrogens is 424 g/mol. The molecule has 1 unspecified atom stereocenters. The van der Waals surface area contributed by atoms with E-state index in [-0.39, 0.29) is 35.4 Å². The first-order valence-electron chi connectivity index (χ1n) is 11.4. The average Bonchev–Trinajstić information content (AvgIpc) is 3.23. The number of methoxy groups -OCH3 is 2. The molecule has 1 aliphatic carbocycles. The Kier molecular flexibility index (Phi) is 7.13. The molecule has 1 fully saturated rings. The summed E-state index contributed by atoms with van der Waals surface area (Å²) in [7, 11) is 2.83. The van der Waals surface area contributed by atoms with E-state index < -0.39 is 12.1 Å². The van der Waals surface area contributed by atoms with Crippen molar-refractivity contribution in [2.75, 3.05) is 27.3 Å². The number of fused-ring (bicyclic) bond motifs is 1. The van der Waals surface area contributed by atoms with Gasteiger partial charge in [-0.05, 0) is 31.2 Å². The summed E-state index contributed by atoms with van der Waals surface area (Å²) in [6.07, 6.45) is 3.54. The van der Waals surface area contributed by atoms with Crippen LogP contribution in [0.15, 0.2) is 41.2 Å². The van der Waals surface area contributed by atoms with E-state index >= 15 is 0 Å². The second-order valence-electron chi connectivity index (χ2n) is 8.44. The van der Waals surface area contributed by atoms with Crippen molar-refractivity contribution in [2.24, 2.45) is 0 Å². The first-order valence-corrected chi connectivity index (χ1v) is 11.4. The summed E-state index contributed by atoms with van der Waals surface area (Å²) in [6, 6.07) is 10.7. The first kappa shape index (κ1) is 23.0. The molecule has 8 nitrogen and oxygen atoms in total. The van der Waals surface area contributed by atoms with Crippen molar-refractivity contribution in [2.45, 2.75) is 50.9 Å². The Balaban J connectivity index is 1.63. The molecule has 0 N–H and O–H groups in total. The highest BCUT2D eigenvalue weighted by Crippen LogP contribution is 2.29. The van der Waals surface area contributed by atoms with Crippen LogP contribution in [0.3, 0.4) is 0 Å². The van der Waals surface area contributed by atoms with Gasteiger partial charge < -0.3 is 23.7 Å². The van der Waals surface area contributed by atoms with E-state index in [2.05, 4.69) is 0 Å². The van der Waals surface area contributed by atoms with E-state index in [1.165, 1.54) is 20.3 Å². The predicted molar refractivity (Wildman–Crippen MR) is 121 cm³/mol. The predicted octanol–water partition coefficient (Wildman–Crippen LogP) is 2.73. The lowest BCUT2D eigenvalue weighted by Crippen LogP contribution is -2.38. The Hall–Kier alpha value is -3.13. The fraction of sp³-hybridized carbons (Fsp3) is 0.480. The maximum atomic E-state index is 13.3. The molecule has 0 saturated heterocycles. The van der Waals surface area contributed by atoms with Crippen LogP contribution < -0.4 is 10.3 Å². The lowest BCUT2D eigenvalue weighted by molar-refractivity contribution is -0.142. The van der Waals surface area contributed by atoms with Crippen molar-refractivity contribution in [3.05, 3.63) is 63.6 Å². The number of benzene rings is 1. The molecule has 1 amide bonds. The Morgan fingerprint density at radius 3 is 2.42 bits per heavy atom. The molecular formula is C25H30N2O6. The second-order valence-corrected chi connectivity index (χ2v) is 8.44. The fourth-order valence-electron chi connectivity index (χ4n) is 4.74. The minimum Gasteiger partial charge on any atom is -0.489 e. The molecule has 1 aromatic heterocycles. The third kappa shape index (κ3) is 4.80. The molecule has 2 aliphatic rings. The Bertz CT molecular complexity index is 1060. The van der Waals surface area contributed by atoms with Crippen molar-refractivity contribution in [3.63, 3.8) is 0 Å². The van der Waals surface area contributed by atoms with Gasteiger partial charge in [-0.1, -0.05) is 30.3 Å². The normalized spacial score (nSPS) is 17.2. The smallest absolute Gasteiger partial charge is 0.343 e. The van der Waals surface area contributed by atoms with Gasteiger partial charge in [0, 0.05) is 44.9 Å². The number of hydrogen-bond donors (Lipinski definition) is 0. The van der Waals surface area contributed by atoms with Crippen LogP contribution in [0.4, 0.5) is 0 Å². The van der Waals surface area contributed by atoms with Crippen molar-refractivity contribution < 1.29 is 23.8 Å². The zero-order chi connectivity index (χ0) is 23.4. The van der Waals surface area contributed by atoms with Gasteiger partial charge in [-0.25, -0.2) is 4.79 Å². The van der Waals surface area contributed by atoms with Crippen LogP contribution in [-0.2, 0) is 27.2 Å². The number of carbonyl (C=O) groups is 2. The van der Waals surface area contributed by atoms with E-state index in [9.17, 15) is 14.4 Å². The average molecular weight is 455 g/mol. The van der Waals surface area contributed by atoms with Gasteiger partial charge in [-0.3, -0.25) is 9.59 Å². The van der Waals surface area contributed by atoms with Crippen LogP contribution in [0.1, 0.15) is 53.4 Å². The number of pyridine rings is 1. The minimum atomic E-state index is -0.731. The molecule has 1 aliphatic heterocycles. The lowest BCUT2D eigenvalue weighted by Gasteiger charge is -2.25. The van der Waals surface area contributed by atoms with E-state index in [1.807, 2.05) is 30.3 Å². The van der Waals surface area contributed by atoms with Crippen LogP contribution in [-0.4, -0.2) is 54.8 Å². The first-order chi connectivity index (χ1) is 16.0. The third-order valence-electron chi connectivity index (χ3n) is 6.45. The highest BCUT2D eigenvalue weighted by molar-refractivity contribution is 5.93. The van der Waals surface area contributed by atoms with Gasteiger partial charge in [-0.2, -0.15) is 0 Å². The van der Waals surface area contributed by atoms with E-state index in [1.54, 1.807) is 9.47 Å². The third-order valence-corrected chi connectivity index (χ3v) is 6.45. The highest BCUT2D eigenvalue weighted by atomic mass is 16.5. The number of amides is 1. The summed E-state index contributed by atoms with van der Waals surface area (Å²) in [4.78, 5) is 40.7. The Morgan fingerprint density at radius 1 is 1.03 bits per heavy atom. The SMILES string of the molecule is COC(=O)c1c(OC2CCCC2)cc(=O)n2c1CCN(C(=O)C(OC)c1ccccc1)CC2. The van der Waals surface area contributed by atoms with Gasteiger partial charge >= 0.3 is 5.97 Å². The maximum Gasteiger partial charge on any atom is 0.343 e. The molecule has 8 heteroatoms. The molecule has 0 spiro atoms. The molecule has 33 heavy (non-hydrogen) atoms. The number of esters is 1. The van der Waals surface area contributed by atoms with Crippen LogP contribution in [0.5, 0.6) is 5.75 Å². The lowest BCUT2D eigenvalue weighted by atomic mass is 10.1. The fourth-order valence-corrected chi connectivity index (χ4v) is 4.74. The van der Waals surface area contributed by atoms with Crippen molar-refractivity contribution in [3.8, 4) is 5.75 Å². The van der Waals surface area contributed by atoms with Crippen molar-refractivity contribution in [1.82, 2.24) is 9.47 Å². The van der Waals surface area contributed by atoms with Crippen LogP contribution in [0.2, 0.25) is 0 Å². The second kappa shape index (κ2) is 10.2. The summed E-state index contributed by atoms with van der Waals surface area (Å²) >= 11 is 0. The molecule has 0 bridgehead atoms. The van der Waals surface area contributed by atoms with Crippen molar-refractivity contribution in [1.29, 1.82) is 0 Å². The molecule has 0 radical (unpaired) electrons. The largest absolute Gasteiger partial charge is 0.489 e. The number of hydrogen-bond acceptors (Lipinski definition) is 6. The number of nitrogens with zero attached hydrogens (tertiary/aromatic N) is 2. The summed E-state index contributed by atoms with van der Waals surface area (Å²) in [6.45, 7) is 0.961. The van der Waals surface area contributed by atoms with E-state index in [0.29, 0.717) is 25.2 Å². The van der Waals surface area contributed by atoms with Crippen LogP contribution in [0, 0.1) is 0 Å². The van der Waals surface area contributed by atoms with Crippen molar-refractivity contribution >= 4 is 11.9 Å². The summed E-state index contributed by atoms with van der Waals surface area (Å²) in [5.41, 5.74) is 1.36. The number of carbonyl (C=O) groups excluding carboxylic acids is 2. The molecule has 1 saturated carbocycles. The Morgan fingerprint density at radius 2 is 1.76 bits per heavy atom. The van der Waals surface area contributed by atoms with E-state index in [4.69, 9.17) is 14.2 Å². The summed E-state index contributed by atoms with van der Waals surface area (Å²) in [5.74, 6) is -0.430. The van der Waals surface area contributed by atoms with E-state index in [0.717, 1.165) is 31.2 Å². The molecule has 1 atom stereocenters. The van der Waals surface area contributed by atoms with Gasteiger partial charge in [0.15, 0.2) is 6.10 Å². The number of aromatic nitrogens is 1. The molecule has 1 aromatic carbocycles. The minimum absolute atomic E-state index is 0.00644. The quantitative estimate of drug-likeness (QED) is 0.624. The number of rotatable bonds is 6. The maximum absolute atomic E-state index is 13.3. The summed E-state index contributed by atoms with van der Waals surface area (Å²) < 4.78 is 18.2. The Labute approximate surface area is 193 Å².